The molecular formula is C15H19NO3S. The summed E-state index contributed by atoms with van der Waals surface area (Å²) in [5, 5.41) is 0. The SMILES string of the molecule is Cc1ccc(S(=O)(=O)N2[C@H]3C[C@]4(C)O[C@@H]4C[C@]32C)cc1. The first-order valence-corrected chi connectivity index (χ1v) is 8.50. The van der Waals surface area contributed by atoms with E-state index in [1.807, 2.05) is 26.0 Å². The first-order valence-electron chi connectivity index (χ1n) is 7.06. The fraction of sp³-hybridized carbons (Fsp3) is 0.600. The van der Waals surface area contributed by atoms with Crippen LogP contribution >= 0.6 is 0 Å². The van der Waals surface area contributed by atoms with E-state index < -0.39 is 10.0 Å². The molecule has 0 radical (unpaired) electrons. The summed E-state index contributed by atoms with van der Waals surface area (Å²) in [5.41, 5.74) is 0.743. The Labute approximate surface area is 119 Å². The summed E-state index contributed by atoms with van der Waals surface area (Å²) in [7, 11) is -3.38. The Balaban J connectivity index is 1.67. The van der Waals surface area contributed by atoms with Crippen LogP contribution in [0.2, 0.25) is 0 Å². The first-order chi connectivity index (χ1) is 9.27. The molecule has 3 aliphatic rings. The van der Waals surface area contributed by atoms with E-state index in [-0.39, 0.29) is 23.3 Å². The highest BCUT2D eigenvalue weighted by Gasteiger charge is 2.75. The summed E-state index contributed by atoms with van der Waals surface area (Å²) in [6.07, 6.45) is 1.88. The Morgan fingerprint density at radius 2 is 1.85 bits per heavy atom. The minimum absolute atomic E-state index is 0.0816. The number of ether oxygens (including phenoxy) is 1. The summed E-state index contributed by atoms with van der Waals surface area (Å²) in [6.45, 7) is 6.09. The smallest absolute Gasteiger partial charge is 0.243 e. The van der Waals surface area contributed by atoms with Crippen molar-refractivity contribution in [2.24, 2.45) is 0 Å². The maximum absolute atomic E-state index is 12.8. The highest BCUT2D eigenvalue weighted by molar-refractivity contribution is 7.89. The third-order valence-corrected chi connectivity index (χ3v) is 7.30. The van der Waals surface area contributed by atoms with Gasteiger partial charge in [0.15, 0.2) is 0 Å². The van der Waals surface area contributed by atoms with Crippen LogP contribution in [-0.2, 0) is 14.8 Å². The average Bonchev–Trinajstić information content (AvgIpc) is 3.16. The maximum atomic E-state index is 12.8. The molecule has 0 amide bonds. The Bertz CT molecular complexity index is 684. The number of benzene rings is 1. The quantitative estimate of drug-likeness (QED) is 0.784. The zero-order valence-electron chi connectivity index (χ0n) is 12.0. The third-order valence-electron chi connectivity index (χ3n) is 5.25. The summed E-state index contributed by atoms with van der Waals surface area (Å²) in [6, 6.07) is 7.21. The molecule has 2 aliphatic heterocycles. The molecule has 1 aromatic carbocycles. The molecule has 4 rings (SSSR count). The number of aryl methyl sites for hydroxylation is 1. The van der Waals surface area contributed by atoms with Crippen molar-refractivity contribution in [2.75, 3.05) is 0 Å². The van der Waals surface area contributed by atoms with Gasteiger partial charge in [0.1, 0.15) is 0 Å². The lowest BCUT2D eigenvalue weighted by Crippen LogP contribution is -2.27. The van der Waals surface area contributed by atoms with Gasteiger partial charge in [0, 0.05) is 6.04 Å². The van der Waals surface area contributed by atoms with Crippen molar-refractivity contribution in [3.63, 3.8) is 0 Å². The van der Waals surface area contributed by atoms with Gasteiger partial charge in [-0.25, -0.2) is 8.42 Å². The number of nitrogens with zero attached hydrogens (tertiary/aromatic N) is 1. The Hall–Kier alpha value is -0.910. The molecule has 2 saturated heterocycles. The summed E-state index contributed by atoms with van der Waals surface area (Å²) in [4.78, 5) is 0.401. The van der Waals surface area contributed by atoms with Crippen LogP contribution in [0.1, 0.15) is 32.3 Å². The molecular weight excluding hydrogens is 274 g/mol. The van der Waals surface area contributed by atoms with E-state index in [1.54, 1.807) is 16.4 Å². The van der Waals surface area contributed by atoms with E-state index in [4.69, 9.17) is 4.74 Å². The molecule has 1 aromatic rings. The zero-order valence-corrected chi connectivity index (χ0v) is 12.8. The van der Waals surface area contributed by atoms with Gasteiger partial charge in [0.2, 0.25) is 10.0 Å². The van der Waals surface area contributed by atoms with Crippen LogP contribution in [0, 0.1) is 6.92 Å². The number of fused-ring (bicyclic) bond motifs is 2. The van der Waals surface area contributed by atoms with E-state index in [1.165, 1.54) is 0 Å². The van der Waals surface area contributed by atoms with Crippen molar-refractivity contribution in [2.45, 2.75) is 61.8 Å². The lowest BCUT2D eigenvalue weighted by Gasteiger charge is -2.15. The fourth-order valence-electron chi connectivity index (χ4n) is 3.75. The van der Waals surface area contributed by atoms with Crippen molar-refractivity contribution in [1.82, 2.24) is 4.31 Å². The molecule has 5 heteroatoms. The number of rotatable bonds is 2. The lowest BCUT2D eigenvalue weighted by atomic mass is 9.84. The Kier molecular flexibility index (Phi) is 2.21. The van der Waals surface area contributed by atoms with Gasteiger partial charge in [-0.2, -0.15) is 4.31 Å². The highest BCUT2D eigenvalue weighted by atomic mass is 32.2. The molecule has 0 bridgehead atoms. The van der Waals surface area contributed by atoms with Gasteiger partial charge < -0.3 is 4.74 Å². The third kappa shape index (κ3) is 1.51. The minimum Gasteiger partial charge on any atom is -0.366 e. The van der Waals surface area contributed by atoms with Crippen LogP contribution in [-0.4, -0.2) is 36.0 Å². The zero-order chi connectivity index (χ0) is 14.3. The summed E-state index contributed by atoms with van der Waals surface area (Å²) in [5.74, 6) is 0. The predicted octanol–water partition coefficient (Wildman–Crippen LogP) is 2.08. The van der Waals surface area contributed by atoms with Gasteiger partial charge in [-0.15, -0.1) is 0 Å². The van der Waals surface area contributed by atoms with Gasteiger partial charge >= 0.3 is 0 Å². The van der Waals surface area contributed by atoms with Crippen molar-refractivity contribution in [3.05, 3.63) is 29.8 Å². The molecule has 2 heterocycles. The van der Waals surface area contributed by atoms with Crippen molar-refractivity contribution >= 4 is 10.0 Å². The first kappa shape index (κ1) is 12.8. The minimum atomic E-state index is -3.38. The second kappa shape index (κ2) is 3.46. The maximum Gasteiger partial charge on any atom is 0.243 e. The number of hydrogen-bond donors (Lipinski definition) is 0. The second-order valence-electron chi connectivity index (χ2n) is 6.81. The number of hydrogen-bond acceptors (Lipinski definition) is 3. The van der Waals surface area contributed by atoms with Crippen LogP contribution < -0.4 is 0 Å². The standard InChI is InChI=1S/C15H19NO3S/c1-10-4-6-11(7-5-10)20(17,18)16-12-8-15(3)13(19-15)9-14(12,16)2/h4-7,12-13H,8-9H2,1-3H3/t12-,13+,14+,15-,16?/m0/s1. The molecule has 1 saturated carbocycles. The molecule has 1 aliphatic carbocycles. The van der Waals surface area contributed by atoms with E-state index in [0.717, 1.165) is 18.4 Å². The second-order valence-corrected chi connectivity index (χ2v) is 8.63. The van der Waals surface area contributed by atoms with Gasteiger partial charge in [-0.05, 0) is 45.7 Å². The molecule has 0 spiro atoms. The predicted molar refractivity (Wildman–Crippen MR) is 74.9 cm³/mol. The number of epoxide rings is 1. The monoisotopic (exact) mass is 293 g/mol. The van der Waals surface area contributed by atoms with E-state index in [2.05, 4.69) is 6.92 Å². The molecule has 5 atom stereocenters. The fourth-order valence-corrected chi connectivity index (χ4v) is 5.79. The van der Waals surface area contributed by atoms with Crippen LogP contribution in [0.25, 0.3) is 0 Å². The van der Waals surface area contributed by atoms with Gasteiger partial charge in [0.25, 0.3) is 0 Å². The molecule has 4 nitrogen and oxygen atoms in total. The van der Waals surface area contributed by atoms with E-state index in [9.17, 15) is 8.42 Å². The van der Waals surface area contributed by atoms with Crippen LogP contribution in [0.15, 0.2) is 29.2 Å². The number of sulfonamides is 1. The highest BCUT2D eigenvalue weighted by Crippen LogP contribution is 2.63. The van der Waals surface area contributed by atoms with Gasteiger partial charge in [-0.3, -0.25) is 0 Å². The van der Waals surface area contributed by atoms with Crippen LogP contribution in [0.5, 0.6) is 0 Å². The van der Waals surface area contributed by atoms with Crippen LogP contribution in [0.4, 0.5) is 0 Å². The normalized spacial score (nSPS) is 45.5. The van der Waals surface area contributed by atoms with Crippen LogP contribution in [0.3, 0.4) is 0 Å². The topological polar surface area (TPSA) is 49.7 Å². The molecule has 0 N–H and O–H groups in total. The average molecular weight is 293 g/mol. The Morgan fingerprint density at radius 3 is 2.45 bits per heavy atom. The van der Waals surface area contributed by atoms with Crippen molar-refractivity contribution < 1.29 is 13.2 Å². The van der Waals surface area contributed by atoms with Gasteiger partial charge in [-0.1, -0.05) is 17.7 Å². The van der Waals surface area contributed by atoms with Crippen molar-refractivity contribution in [1.29, 1.82) is 0 Å². The van der Waals surface area contributed by atoms with Gasteiger partial charge in [0.05, 0.1) is 22.1 Å². The van der Waals surface area contributed by atoms with E-state index in [0.29, 0.717) is 4.90 Å². The summed E-state index contributed by atoms with van der Waals surface area (Å²) < 4.78 is 33.0. The van der Waals surface area contributed by atoms with E-state index >= 15 is 0 Å². The molecule has 1 unspecified atom stereocenters. The molecule has 20 heavy (non-hydrogen) atoms. The largest absolute Gasteiger partial charge is 0.366 e. The lowest BCUT2D eigenvalue weighted by molar-refractivity contribution is 0.293. The molecule has 0 aromatic heterocycles. The molecule has 108 valence electrons. The Morgan fingerprint density at radius 1 is 1.20 bits per heavy atom. The summed E-state index contributed by atoms with van der Waals surface area (Å²) >= 11 is 0. The molecule has 3 fully saturated rings. The van der Waals surface area contributed by atoms with Crippen molar-refractivity contribution in [3.8, 4) is 0 Å².